The predicted octanol–water partition coefficient (Wildman–Crippen LogP) is 3.19. The largest absolute Gasteiger partial charge is 0.497 e. The summed E-state index contributed by atoms with van der Waals surface area (Å²) in [5.74, 6) is 1.48. The van der Waals surface area contributed by atoms with Gasteiger partial charge in [0.2, 0.25) is 4.80 Å². The number of rotatable bonds is 4. The number of benzene rings is 2. The highest BCUT2D eigenvalue weighted by Gasteiger charge is 2.03. The van der Waals surface area contributed by atoms with Gasteiger partial charge in [-0.15, -0.1) is 5.10 Å². The molecule has 0 saturated heterocycles. The van der Waals surface area contributed by atoms with E-state index in [4.69, 9.17) is 9.47 Å². The summed E-state index contributed by atoms with van der Waals surface area (Å²) in [6.45, 7) is 0. The third-order valence-corrected chi connectivity index (χ3v) is 4.59. The monoisotopic (exact) mass is 327 g/mol. The fourth-order valence-electron chi connectivity index (χ4n) is 2.26. The molecular formula is C17H17N3O2S. The predicted molar refractivity (Wildman–Crippen MR) is 93.5 cm³/mol. The summed E-state index contributed by atoms with van der Waals surface area (Å²) in [6.07, 6.45) is 1.67. The normalized spacial score (nSPS) is 12.2. The first-order valence-corrected chi connectivity index (χ1v) is 7.88. The Kier molecular flexibility index (Phi) is 4.43. The number of ether oxygens (including phenoxy) is 2. The van der Waals surface area contributed by atoms with Crippen LogP contribution in [0.3, 0.4) is 0 Å². The summed E-state index contributed by atoms with van der Waals surface area (Å²) in [5.41, 5.74) is 1.96. The molecule has 5 nitrogen and oxygen atoms in total. The van der Waals surface area contributed by atoms with Crippen molar-refractivity contribution in [2.45, 2.75) is 0 Å². The molecule has 1 heterocycles. The van der Waals surface area contributed by atoms with Gasteiger partial charge in [-0.2, -0.15) is 5.10 Å². The number of para-hydroxylation sites is 1. The van der Waals surface area contributed by atoms with E-state index in [9.17, 15) is 0 Å². The summed E-state index contributed by atoms with van der Waals surface area (Å²) < 4.78 is 13.8. The van der Waals surface area contributed by atoms with Gasteiger partial charge in [-0.3, -0.25) is 0 Å². The number of hydrogen-bond acceptors (Lipinski definition) is 5. The van der Waals surface area contributed by atoms with Crippen LogP contribution in [0.25, 0.3) is 10.2 Å². The fraction of sp³-hybridized carbons (Fsp3) is 0.176. The molecule has 0 unspecified atom stereocenters. The maximum atomic E-state index is 5.33. The van der Waals surface area contributed by atoms with E-state index in [-0.39, 0.29) is 0 Å². The molecule has 3 rings (SSSR count). The molecule has 0 aliphatic heterocycles. The molecule has 118 valence electrons. The molecule has 0 amide bonds. The molecule has 0 aliphatic rings. The van der Waals surface area contributed by atoms with Crippen molar-refractivity contribution in [1.82, 2.24) is 4.57 Å². The van der Waals surface area contributed by atoms with Crippen molar-refractivity contribution >= 4 is 27.8 Å². The molecule has 2 aromatic carbocycles. The highest BCUT2D eigenvalue weighted by molar-refractivity contribution is 7.16. The molecule has 1 aromatic heterocycles. The second kappa shape index (κ2) is 6.66. The Morgan fingerprint density at radius 3 is 2.65 bits per heavy atom. The van der Waals surface area contributed by atoms with E-state index >= 15 is 0 Å². The third-order valence-electron chi connectivity index (χ3n) is 3.49. The van der Waals surface area contributed by atoms with E-state index < -0.39 is 0 Å². The van der Waals surface area contributed by atoms with Crippen molar-refractivity contribution in [3.05, 3.63) is 52.8 Å². The second-order valence-corrected chi connectivity index (χ2v) is 5.87. The molecule has 6 heteroatoms. The molecule has 23 heavy (non-hydrogen) atoms. The van der Waals surface area contributed by atoms with Gasteiger partial charge in [0.1, 0.15) is 11.5 Å². The maximum Gasteiger partial charge on any atom is 0.211 e. The van der Waals surface area contributed by atoms with Crippen LogP contribution in [0.1, 0.15) is 5.56 Å². The average Bonchev–Trinajstić information content (AvgIpc) is 2.91. The van der Waals surface area contributed by atoms with Crippen LogP contribution in [0.15, 0.2) is 52.7 Å². The van der Waals surface area contributed by atoms with Gasteiger partial charge in [0.25, 0.3) is 0 Å². The minimum atomic E-state index is 0.727. The van der Waals surface area contributed by atoms with Crippen LogP contribution in [0.2, 0.25) is 0 Å². The smallest absolute Gasteiger partial charge is 0.211 e. The van der Waals surface area contributed by atoms with Gasteiger partial charge in [0, 0.05) is 12.6 Å². The first kappa shape index (κ1) is 15.3. The molecular weight excluding hydrogens is 310 g/mol. The third kappa shape index (κ3) is 3.12. The van der Waals surface area contributed by atoms with Gasteiger partial charge >= 0.3 is 0 Å². The standard InChI is InChI=1S/C17H17N3O2S/c1-20-14-6-4-5-7-16(14)23-17(20)19-18-11-12-10-13(21-2)8-9-15(12)22-3/h4-11H,1-3H3/b18-11-,19-17+. The van der Waals surface area contributed by atoms with Crippen LogP contribution in [0.5, 0.6) is 11.5 Å². The van der Waals surface area contributed by atoms with Crippen LogP contribution >= 0.6 is 11.3 Å². The van der Waals surface area contributed by atoms with Gasteiger partial charge in [-0.05, 0) is 30.3 Å². The first-order chi connectivity index (χ1) is 11.2. The van der Waals surface area contributed by atoms with E-state index in [1.165, 1.54) is 4.70 Å². The lowest BCUT2D eigenvalue weighted by atomic mass is 10.2. The van der Waals surface area contributed by atoms with Crippen LogP contribution in [-0.2, 0) is 7.05 Å². The Labute approximate surface area is 138 Å². The molecule has 0 fully saturated rings. The van der Waals surface area contributed by atoms with E-state index in [0.29, 0.717) is 0 Å². The molecule has 0 radical (unpaired) electrons. The molecule has 0 atom stereocenters. The number of aromatic nitrogens is 1. The first-order valence-electron chi connectivity index (χ1n) is 7.06. The number of nitrogens with zero attached hydrogens (tertiary/aromatic N) is 3. The lowest BCUT2D eigenvalue weighted by molar-refractivity contribution is 0.402. The Hall–Kier alpha value is -2.60. The summed E-state index contributed by atoms with van der Waals surface area (Å²) in [5, 5.41) is 8.53. The van der Waals surface area contributed by atoms with Gasteiger partial charge in [0.05, 0.1) is 30.7 Å². The van der Waals surface area contributed by atoms with Crippen LogP contribution in [0, 0.1) is 0 Å². The van der Waals surface area contributed by atoms with Crippen molar-refractivity contribution in [3.63, 3.8) is 0 Å². The zero-order valence-corrected chi connectivity index (χ0v) is 14.0. The Morgan fingerprint density at radius 1 is 1.09 bits per heavy atom. The molecule has 3 aromatic rings. The number of methoxy groups -OCH3 is 2. The summed E-state index contributed by atoms with van der Waals surface area (Å²) in [7, 11) is 5.24. The minimum Gasteiger partial charge on any atom is -0.497 e. The number of aryl methyl sites for hydroxylation is 1. The van der Waals surface area contributed by atoms with Crippen molar-refractivity contribution in [2.75, 3.05) is 14.2 Å². The summed E-state index contributed by atoms with van der Waals surface area (Å²) in [6, 6.07) is 13.7. The number of hydrogen-bond donors (Lipinski definition) is 0. The van der Waals surface area contributed by atoms with Crippen LogP contribution in [0.4, 0.5) is 0 Å². The second-order valence-electron chi connectivity index (χ2n) is 4.86. The average molecular weight is 327 g/mol. The Balaban J connectivity index is 1.98. The molecule has 0 spiro atoms. The Bertz CT molecular complexity index is 925. The van der Waals surface area contributed by atoms with Crippen molar-refractivity contribution in [2.24, 2.45) is 17.3 Å². The van der Waals surface area contributed by atoms with E-state index in [1.54, 1.807) is 31.8 Å². The highest BCUT2D eigenvalue weighted by atomic mass is 32.1. The Morgan fingerprint density at radius 2 is 1.91 bits per heavy atom. The topological polar surface area (TPSA) is 48.1 Å². The molecule has 0 bridgehead atoms. The van der Waals surface area contributed by atoms with Gasteiger partial charge in [-0.25, -0.2) is 0 Å². The zero-order chi connectivity index (χ0) is 16.2. The molecule has 0 aliphatic carbocycles. The minimum absolute atomic E-state index is 0.727. The van der Waals surface area contributed by atoms with Crippen LogP contribution < -0.4 is 14.3 Å². The summed E-state index contributed by atoms with van der Waals surface area (Å²) in [4.78, 5) is 0.837. The van der Waals surface area contributed by atoms with Crippen molar-refractivity contribution in [3.8, 4) is 11.5 Å². The van der Waals surface area contributed by atoms with Crippen molar-refractivity contribution in [1.29, 1.82) is 0 Å². The number of fused-ring (bicyclic) bond motifs is 1. The van der Waals surface area contributed by atoms with E-state index in [0.717, 1.165) is 27.4 Å². The van der Waals surface area contributed by atoms with Crippen LogP contribution in [-0.4, -0.2) is 25.0 Å². The molecule has 0 N–H and O–H groups in total. The quantitative estimate of drug-likeness (QED) is 0.546. The van der Waals surface area contributed by atoms with E-state index in [2.05, 4.69) is 22.3 Å². The lowest BCUT2D eigenvalue weighted by Gasteiger charge is -2.05. The lowest BCUT2D eigenvalue weighted by Crippen LogP contribution is -2.08. The zero-order valence-electron chi connectivity index (χ0n) is 13.2. The summed E-state index contributed by atoms with van der Waals surface area (Å²) >= 11 is 1.60. The van der Waals surface area contributed by atoms with Gasteiger partial charge in [-0.1, -0.05) is 23.5 Å². The van der Waals surface area contributed by atoms with E-state index in [1.807, 2.05) is 41.9 Å². The maximum absolute atomic E-state index is 5.33. The SMILES string of the molecule is COc1ccc(OC)c(/C=N\N=c2\sc3ccccc3n2C)c1. The van der Waals surface area contributed by atoms with Crippen molar-refractivity contribution < 1.29 is 9.47 Å². The number of thiazole rings is 1. The fourth-order valence-corrected chi connectivity index (χ4v) is 3.23. The molecule has 0 saturated carbocycles. The van der Waals surface area contributed by atoms with Gasteiger partial charge < -0.3 is 14.0 Å². The van der Waals surface area contributed by atoms with Gasteiger partial charge in [0.15, 0.2) is 0 Å². The highest BCUT2D eigenvalue weighted by Crippen LogP contribution is 2.22.